The molecule has 3 nitrogen and oxygen atoms in total. The molecule has 96 valence electrons. The van der Waals surface area contributed by atoms with Gasteiger partial charge in [-0.1, -0.05) is 6.92 Å². The van der Waals surface area contributed by atoms with Crippen LogP contribution in [0.25, 0.3) is 0 Å². The lowest BCUT2D eigenvalue weighted by atomic mass is 9.92. The van der Waals surface area contributed by atoms with E-state index in [1.54, 1.807) is 26.2 Å². The highest BCUT2D eigenvalue weighted by atomic mass is 79.9. The smallest absolute Gasteiger partial charge is 0.151 e. The van der Waals surface area contributed by atoms with Crippen molar-refractivity contribution < 1.29 is 13.9 Å². The zero-order chi connectivity index (χ0) is 13.1. The summed E-state index contributed by atoms with van der Waals surface area (Å²) < 4.78 is 25.6. The Bertz CT molecular complexity index is 394. The van der Waals surface area contributed by atoms with Crippen LogP contribution in [0.15, 0.2) is 16.6 Å². The van der Waals surface area contributed by atoms with E-state index in [4.69, 9.17) is 15.2 Å². The van der Waals surface area contributed by atoms with Gasteiger partial charge in [-0.2, -0.15) is 0 Å². The van der Waals surface area contributed by atoms with E-state index >= 15 is 0 Å². The van der Waals surface area contributed by atoms with Crippen LogP contribution >= 0.6 is 15.9 Å². The van der Waals surface area contributed by atoms with E-state index in [0.29, 0.717) is 28.0 Å². The number of ether oxygens (including phenoxy) is 2. The topological polar surface area (TPSA) is 44.5 Å². The molecule has 0 radical (unpaired) electrons. The van der Waals surface area contributed by atoms with Crippen molar-refractivity contribution in [2.45, 2.75) is 19.0 Å². The summed E-state index contributed by atoms with van der Waals surface area (Å²) in [4.78, 5) is 0. The Labute approximate surface area is 109 Å². The molecule has 1 aromatic rings. The average molecular weight is 306 g/mol. The van der Waals surface area contributed by atoms with Crippen molar-refractivity contribution in [3.63, 3.8) is 0 Å². The molecule has 2 N–H and O–H groups in total. The predicted molar refractivity (Wildman–Crippen MR) is 69.4 cm³/mol. The Balaban J connectivity index is 3.39. The summed E-state index contributed by atoms with van der Waals surface area (Å²) in [7, 11) is 3.04. The molecule has 0 saturated carbocycles. The van der Waals surface area contributed by atoms with E-state index in [1.165, 1.54) is 7.11 Å². The SMILES string of the molecule is CCC(F)(CN)c1ccc(OC)c(Br)c1OC. The van der Waals surface area contributed by atoms with Gasteiger partial charge < -0.3 is 15.2 Å². The van der Waals surface area contributed by atoms with Crippen molar-refractivity contribution in [3.05, 3.63) is 22.2 Å². The highest BCUT2D eigenvalue weighted by Gasteiger charge is 2.33. The zero-order valence-corrected chi connectivity index (χ0v) is 11.8. The van der Waals surface area contributed by atoms with Gasteiger partial charge in [-0.15, -0.1) is 0 Å². The van der Waals surface area contributed by atoms with Crippen LogP contribution in [0.1, 0.15) is 18.9 Å². The van der Waals surface area contributed by atoms with Crippen molar-refractivity contribution >= 4 is 15.9 Å². The molecule has 0 saturated heterocycles. The Morgan fingerprint density at radius 1 is 1.35 bits per heavy atom. The fourth-order valence-electron chi connectivity index (χ4n) is 1.69. The minimum atomic E-state index is -1.58. The van der Waals surface area contributed by atoms with E-state index in [-0.39, 0.29) is 6.54 Å². The van der Waals surface area contributed by atoms with Gasteiger partial charge in [0.1, 0.15) is 16.0 Å². The van der Waals surface area contributed by atoms with Crippen LogP contribution in [0.2, 0.25) is 0 Å². The molecule has 1 rings (SSSR count). The van der Waals surface area contributed by atoms with Gasteiger partial charge in [-0.05, 0) is 34.5 Å². The van der Waals surface area contributed by atoms with Crippen LogP contribution in [0, 0.1) is 0 Å². The van der Waals surface area contributed by atoms with Crippen LogP contribution in [-0.2, 0) is 5.67 Å². The summed E-state index contributed by atoms with van der Waals surface area (Å²) in [5.74, 6) is 1.03. The minimum Gasteiger partial charge on any atom is -0.495 e. The van der Waals surface area contributed by atoms with Crippen LogP contribution in [-0.4, -0.2) is 20.8 Å². The first kappa shape index (κ1) is 14.3. The summed E-state index contributed by atoms with van der Waals surface area (Å²) in [5, 5.41) is 0. The second kappa shape index (κ2) is 5.69. The molecule has 0 aliphatic carbocycles. The van der Waals surface area contributed by atoms with Crippen molar-refractivity contribution in [2.75, 3.05) is 20.8 Å². The molecule has 0 aliphatic rings. The number of methoxy groups -OCH3 is 2. The number of hydrogen-bond acceptors (Lipinski definition) is 3. The van der Waals surface area contributed by atoms with Crippen molar-refractivity contribution in [3.8, 4) is 11.5 Å². The molecule has 0 aromatic heterocycles. The predicted octanol–water partition coefficient (Wildman–Crippen LogP) is 3.00. The summed E-state index contributed by atoms with van der Waals surface area (Å²) in [6.07, 6.45) is 0.290. The first-order valence-electron chi connectivity index (χ1n) is 5.34. The molecule has 1 unspecified atom stereocenters. The van der Waals surface area contributed by atoms with Crippen molar-refractivity contribution in [2.24, 2.45) is 5.73 Å². The molecule has 0 aliphatic heterocycles. The number of benzene rings is 1. The molecule has 0 fully saturated rings. The standard InChI is InChI=1S/C12H17BrFNO2/c1-4-12(14,7-15)8-5-6-9(16-2)10(13)11(8)17-3/h5-6H,4,7,15H2,1-3H3. The van der Waals surface area contributed by atoms with Gasteiger partial charge in [0.05, 0.1) is 14.2 Å². The molecule has 0 heterocycles. The van der Waals surface area contributed by atoms with Crippen molar-refractivity contribution in [1.82, 2.24) is 0 Å². The molecule has 0 bridgehead atoms. The van der Waals surface area contributed by atoms with Crippen LogP contribution in [0.4, 0.5) is 4.39 Å². The molecule has 17 heavy (non-hydrogen) atoms. The van der Waals surface area contributed by atoms with Gasteiger partial charge in [-0.3, -0.25) is 0 Å². The normalized spacial score (nSPS) is 14.2. The van der Waals surface area contributed by atoms with E-state index in [0.717, 1.165) is 0 Å². The Morgan fingerprint density at radius 3 is 2.41 bits per heavy atom. The first-order chi connectivity index (χ1) is 8.03. The Kier molecular flexibility index (Phi) is 4.77. The maximum Gasteiger partial charge on any atom is 0.151 e. The maximum atomic E-state index is 14.6. The fourth-order valence-corrected chi connectivity index (χ4v) is 2.36. The summed E-state index contributed by atoms with van der Waals surface area (Å²) >= 11 is 3.35. The largest absolute Gasteiger partial charge is 0.495 e. The highest BCUT2D eigenvalue weighted by molar-refractivity contribution is 9.10. The summed E-state index contributed by atoms with van der Waals surface area (Å²) in [6, 6.07) is 3.35. The minimum absolute atomic E-state index is 0.0847. The van der Waals surface area contributed by atoms with Gasteiger partial charge in [0.15, 0.2) is 5.67 Å². The number of nitrogens with two attached hydrogens (primary N) is 1. The second-order valence-electron chi connectivity index (χ2n) is 3.69. The van der Waals surface area contributed by atoms with Gasteiger partial charge in [0, 0.05) is 12.1 Å². The lowest BCUT2D eigenvalue weighted by Crippen LogP contribution is -2.30. The van der Waals surface area contributed by atoms with Gasteiger partial charge in [0.2, 0.25) is 0 Å². The van der Waals surface area contributed by atoms with E-state index in [9.17, 15) is 4.39 Å². The molecular formula is C12H17BrFNO2. The molecule has 0 amide bonds. The lowest BCUT2D eigenvalue weighted by Gasteiger charge is -2.25. The second-order valence-corrected chi connectivity index (χ2v) is 4.48. The zero-order valence-electron chi connectivity index (χ0n) is 10.2. The molecule has 1 aromatic carbocycles. The van der Waals surface area contributed by atoms with Gasteiger partial charge in [-0.25, -0.2) is 4.39 Å². The first-order valence-corrected chi connectivity index (χ1v) is 6.13. The molecule has 5 heteroatoms. The number of hydrogen-bond donors (Lipinski definition) is 1. The van der Waals surface area contributed by atoms with E-state index < -0.39 is 5.67 Å². The maximum absolute atomic E-state index is 14.6. The number of alkyl halides is 1. The fraction of sp³-hybridized carbons (Fsp3) is 0.500. The monoisotopic (exact) mass is 305 g/mol. The Hall–Kier alpha value is -0.810. The third-order valence-corrected chi connectivity index (χ3v) is 3.60. The van der Waals surface area contributed by atoms with Crippen LogP contribution < -0.4 is 15.2 Å². The number of rotatable bonds is 5. The van der Waals surface area contributed by atoms with Crippen molar-refractivity contribution in [1.29, 1.82) is 0 Å². The van der Waals surface area contributed by atoms with Gasteiger partial charge >= 0.3 is 0 Å². The quantitative estimate of drug-likeness (QED) is 0.909. The van der Waals surface area contributed by atoms with Crippen LogP contribution in [0.3, 0.4) is 0 Å². The molecular weight excluding hydrogens is 289 g/mol. The Morgan fingerprint density at radius 2 is 2.00 bits per heavy atom. The third-order valence-electron chi connectivity index (χ3n) is 2.85. The number of halogens is 2. The van der Waals surface area contributed by atoms with Gasteiger partial charge in [0.25, 0.3) is 0 Å². The van der Waals surface area contributed by atoms with E-state index in [1.807, 2.05) is 0 Å². The highest BCUT2D eigenvalue weighted by Crippen LogP contribution is 2.43. The average Bonchev–Trinajstić information content (AvgIpc) is 2.37. The summed E-state index contributed by atoms with van der Waals surface area (Å²) in [6.45, 7) is 1.67. The lowest BCUT2D eigenvalue weighted by molar-refractivity contribution is 0.163. The van der Waals surface area contributed by atoms with Crippen LogP contribution in [0.5, 0.6) is 11.5 Å². The third kappa shape index (κ3) is 2.55. The molecule has 1 atom stereocenters. The summed E-state index contributed by atoms with van der Waals surface area (Å²) in [5.41, 5.74) is 4.38. The van der Waals surface area contributed by atoms with E-state index in [2.05, 4.69) is 15.9 Å². The molecule has 0 spiro atoms.